The monoisotopic (exact) mass is 288 g/mol. The van der Waals surface area contributed by atoms with Crippen LogP contribution in [-0.2, 0) is 6.42 Å². The van der Waals surface area contributed by atoms with Crippen LogP contribution in [0.2, 0.25) is 0 Å². The van der Waals surface area contributed by atoms with Gasteiger partial charge in [-0.2, -0.15) is 0 Å². The molecule has 3 N–H and O–H groups in total. The number of benzene rings is 1. The fraction of sp³-hybridized carbons (Fsp3) is 0.667. The van der Waals surface area contributed by atoms with E-state index in [4.69, 9.17) is 0 Å². The molecule has 0 saturated heterocycles. The lowest BCUT2D eigenvalue weighted by molar-refractivity contribution is -0.0627. The third-order valence-corrected chi connectivity index (χ3v) is 6.68. The molecule has 21 heavy (non-hydrogen) atoms. The number of fused-ring (bicyclic) bond motifs is 5. The number of aliphatic hydroxyl groups is 2. The molecule has 3 aliphatic carbocycles. The first-order chi connectivity index (χ1) is 10.0. The van der Waals surface area contributed by atoms with Crippen molar-refractivity contribution in [3.63, 3.8) is 0 Å². The summed E-state index contributed by atoms with van der Waals surface area (Å²) in [5.74, 6) is 1.35. The van der Waals surface area contributed by atoms with E-state index < -0.39 is 0 Å². The molecule has 114 valence electrons. The number of rotatable bonds is 0. The fourth-order valence-electron chi connectivity index (χ4n) is 5.56. The summed E-state index contributed by atoms with van der Waals surface area (Å²) in [5.41, 5.74) is 2.40. The Kier molecular flexibility index (Phi) is 2.89. The third-order valence-electron chi connectivity index (χ3n) is 6.68. The Morgan fingerprint density at radius 1 is 1.14 bits per heavy atom. The zero-order valence-corrected chi connectivity index (χ0v) is 12.5. The van der Waals surface area contributed by atoms with Crippen LogP contribution in [0.4, 0.5) is 0 Å². The van der Waals surface area contributed by atoms with E-state index in [1.54, 1.807) is 6.07 Å². The van der Waals surface area contributed by atoms with Gasteiger partial charge in [0.1, 0.15) is 5.75 Å². The average Bonchev–Trinajstić information content (AvgIpc) is 2.74. The maximum absolute atomic E-state index is 10.7. The quantitative estimate of drug-likeness (QED) is 0.687. The Labute approximate surface area is 125 Å². The van der Waals surface area contributed by atoms with E-state index in [1.807, 2.05) is 12.1 Å². The number of aromatic hydroxyl groups is 1. The van der Waals surface area contributed by atoms with Gasteiger partial charge in [0.2, 0.25) is 0 Å². The van der Waals surface area contributed by atoms with Gasteiger partial charge in [0.15, 0.2) is 0 Å². The molecule has 2 fully saturated rings. The minimum atomic E-state index is -0.348. The highest BCUT2D eigenvalue weighted by Crippen LogP contribution is 2.60. The smallest absolute Gasteiger partial charge is 0.115 e. The number of hydrogen-bond acceptors (Lipinski definition) is 3. The molecular weight excluding hydrogens is 264 g/mol. The number of hydrogen-bond donors (Lipinski definition) is 3. The van der Waals surface area contributed by atoms with Crippen LogP contribution in [0.25, 0.3) is 0 Å². The fourth-order valence-corrected chi connectivity index (χ4v) is 5.56. The molecule has 3 heteroatoms. The number of phenolic OH excluding ortho intramolecular Hbond substituents is 1. The van der Waals surface area contributed by atoms with Gasteiger partial charge in [0.25, 0.3) is 0 Å². The Hall–Kier alpha value is -1.06. The van der Waals surface area contributed by atoms with Crippen LogP contribution in [0, 0.1) is 17.3 Å². The molecule has 4 rings (SSSR count). The van der Waals surface area contributed by atoms with Crippen LogP contribution >= 0.6 is 0 Å². The van der Waals surface area contributed by atoms with E-state index >= 15 is 0 Å². The predicted molar refractivity (Wildman–Crippen MR) is 80.1 cm³/mol. The number of aliphatic hydroxyl groups excluding tert-OH is 2. The van der Waals surface area contributed by atoms with Gasteiger partial charge >= 0.3 is 0 Å². The molecular formula is C18H24O3. The summed E-state index contributed by atoms with van der Waals surface area (Å²) in [6.07, 6.45) is 4.05. The molecule has 0 heterocycles. The lowest BCUT2D eigenvalue weighted by Gasteiger charge is -2.51. The average molecular weight is 288 g/mol. The van der Waals surface area contributed by atoms with Gasteiger partial charge < -0.3 is 15.3 Å². The molecule has 0 bridgehead atoms. The van der Waals surface area contributed by atoms with E-state index in [9.17, 15) is 15.3 Å². The molecule has 0 amide bonds. The maximum atomic E-state index is 10.7. The van der Waals surface area contributed by atoms with E-state index in [1.165, 1.54) is 5.56 Å². The van der Waals surface area contributed by atoms with E-state index in [0.29, 0.717) is 18.3 Å². The minimum Gasteiger partial charge on any atom is -0.508 e. The molecule has 2 saturated carbocycles. The second-order valence-electron chi connectivity index (χ2n) is 7.58. The van der Waals surface area contributed by atoms with Crippen molar-refractivity contribution in [3.8, 4) is 5.75 Å². The van der Waals surface area contributed by atoms with Crippen LogP contribution in [0.5, 0.6) is 5.75 Å². The Bertz CT molecular complexity index is 570. The van der Waals surface area contributed by atoms with E-state index in [0.717, 1.165) is 31.2 Å². The first kappa shape index (κ1) is 13.6. The zero-order valence-electron chi connectivity index (χ0n) is 12.5. The van der Waals surface area contributed by atoms with Gasteiger partial charge in [-0.3, -0.25) is 0 Å². The molecule has 1 aromatic rings. The van der Waals surface area contributed by atoms with Crippen LogP contribution in [0.15, 0.2) is 18.2 Å². The Balaban J connectivity index is 1.76. The molecule has 0 aliphatic heterocycles. The molecule has 3 nitrogen and oxygen atoms in total. The van der Waals surface area contributed by atoms with Crippen molar-refractivity contribution < 1.29 is 15.3 Å². The molecule has 6 atom stereocenters. The van der Waals surface area contributed by atoms with Crippen LogP contribution < -0.4 is 0 Å². The number of phenols is 1. The van der Waals surface area contributed by atoms with Crippen molar-refractivity contribution in [2.24, 2.45) is 17.3 Å². The van der Waals surface area contributed by atoms with Gasteiger partial charge in [-0.05, 0) is 78.5 Å². The van der Waals surface area contributed by atoms with Crippen molar-refractivity contribution in [3.05, 3.63) is 29.3 Å². The van der Waals surface area contributed by atoms with Crippen molar-refractivity contribution in [2.75, 3.05) is 0 Å². The normalized spacial score (nSPS) is 44.8. The third kappa shape index (κ3) is 1.80. The summed E-state index contributed by atoms with van der Waals surface area (Å²) in [6.45, 7) is 2.21. The zero-order chi connectivity index (χ0) is 14.8. The first-order valence-electron chi connectivity index (χ1n) is 8.18. The lowest BCUT2D eigenvalue weighted by atomic mass is 9.54. The van der Waals surface area contributed by atoms with Gasteiger partial charge in [0, 0.05) is 0 Å². The summed E-state index contributed by atoms with van der Waals surface area (Å²) < 4.78 is 0. The Morgan fingerprint density at radius 2 is 1.95 bits per heavy atom. The molecule has 0 spiro atoms. The second kappa shape index (κ2) is 4.47. The van der Waals surface area contributed by atoms with E-state index in [2.05, 4.69) is 6.92 Å². The molecule has 0 radical (unpaired) electrons. The highest BCUT2D eigenvalue weighted by Gasteiger charge is 2.56. The summed E-state index contributed by atoms with van der Waals surface area (Å²) in [7, 11) is 0. The van der Waals surface area contributed by atoms with Crippen molar-refractivity contribution >= 4 is 0 Å². The van der Waals surface area contributed by atoms with Crippen molar-refractivity contribution in [1.29, 1.82) is 0 Å². The van der Waals surface area contributed by atoms with Crippen LogP contribution in [0.3, 0.4) is 0 Å². The molecule has 6 unspecified atom stereocenters. The van der Waals surface area contributed by atoms with Crippen LogP contribution in [0.1, 0.15) is 49.7 Å². The maximum Gasteiger partial charge on any atom is 0.115 e. The van der Waals surface area contributed by atoms with Crippen molar-refractivity contribution in [2.45, 2.75) is 57.2 Å². The molecule has 1 aromatic carbocycles. The SMILES string of the molecule is CC12CCC3c4ccc(O)cc4CC(O)C3C1CCC2O. The minimum absolute atomic E-state index is 0.0173. The highest BCUT2D eigenvalue weighted by atomic mass is 16.3. The standard InChI is InChI=1S/C18H24O3/c1-18-7-6-13-12-3-2-11(19)8-10(12)9-15(20)17(13)14(18)4-5-16(18)21/h2-3,8,13-17,19-21H,4-7,9H2,1H3. The Morgan fingerprint density at radius 3 is 2.76 bits per heavy atom. The van der Waals surface area contributed by atoms with Gasteiger partial charge in [0.05, 0.1) is 12.2 Å². The van der Waals surface area contributed by atoms with Gasteiger partial charge in [-0.15, -0.1) is 0 Å². The summed E-state index contributed by atoms with van der Waals surface area (Å²) in [5, 5.41) is 30.8. The largest absolute Gasteiger partial charge is 0.508 e. The van der Waals surface area contributed by atoms with Gasteiger partial charge in [-0.25, -0.2) is 0 Å². The lowest BCUT2D eigenvalue weighted by Crippen LogP contribution is -2.49. The first-order valence-corrected chi connectivity index (χ1v) is 8.18. The summed E-state index contributed by atoms with van der Waals surface area (Å²) in [4.78, 5) is 0. The van der Waals surface area contributed by atoms with Crippen molar-refractivity contribution in [1.82, 2.24) is 0 Å². The van der Waals surface area contributed by atoms with Gasteiger partial charge in [-0.1, -0.05) is 13.0 Å². The second-order valence-corrected chi connectivity index (χ2v) is 7.58. The topological polar surface area (TPSA) is 60.7 Å². The summed E-state index contributed by atoms with van der Waals surface area (Å²) >= 11 is 0. The molecule has 3 aliphatic rings. The van der Waals surface area contributed by atoms with E-state index in [-0.39, 0.29) is 29.3 Å². The van der Waals surface area contributed by atoms with Crippen LogP contribution in [-0.4, -0.2) is 27.5 Å². The highest BCUT2D eigenvalue weighted by molar-refractivity contribution is 5.41. The molecule has 0 aromatic heterocycles. The summed E-state index contributed by atoms with van der Waals surface area (Å²) in [6, 6.07) is 5.62. The predicted octanol–water partition coefficient (Wildman–Crippen LogP) is 2.58.